The molecule has 5 nitrogen and oxygen atoms in total. The maximum Gasteiger partial charge on any atom is 0.311 e. The number of carboxylic acids is 1. The van der Waals surface area contributed by atoms with E-state index in [1.165, 1.54) is 0 Å². The number of aromatic nitrogens is 2. The van der Waals surface area contributed by atoms with E-state index in [2.05, 4.69) is 4.98 Å². The van der Waals surface area contributed by atoms with Crippen molar-refractivity contribution in [2.45, 2.75) is 33.2 Å². The van der Waals surface area contributed by atoms with Crippen LogP contribution < -0.4 is 4.74 Å². The third-order valence-corrected chi connectivity index (χ3v) is 2.87. The standard InChI is InChI=1S/C14H18N2O3/c1-4-19-10-5-6-12-11(7-10)15-13(8-14(17)18)16(12)9(2)3/h5-7,9H,4,8H2,1-3H3,(H,17,18). The number of ether oxygens (including phenoxy) is 1. The summed E-state index contributed by atoms with van der Waals surface area (Å²) in [5.41, 5.74) is 1.71. The molecule has 19 heavy (non-hydrogen) atoms. The Labute approximate surface area is 111 Å². The summed E-state index contributed by atoms with van der Waals surface area (Å²) in [6, 6.07) is 5.83. The van der Waals surface area contributed by atoms with Crippen molar-refractivity contribution in [2.24, 2.45) is 0 Å². The number of hydrogen-bond donors (Lipinski definition) is 1. The van der Waals surface area contributed by atoms with Gasteiger partial charge in [-0.25, -0.2) is 4.98 Å². The fourth-order valence-corrected chi connectivity index (χ4v) is 2.22. The molecule has 2 aromatic rings. The summed E-state index contributed by atoms with van der Waals surface area (Å²) in [5, 5.41) is 8.96. The van der Waals surface area contributed by atoms with Crippen molar-refractivity contribution in [3.05, 3.63) is 24.0 Å². The number of benzene rings is 1. The van der Waals surface area contributed by atoms with Gasteiger partial charge in [-0.15, -0.1) is 0 Å². The summed E-state index contributed by atoms with van der Waals surface area (Å²) in [4.78, 5) is 15.3. The van der Waals surface area contributed by atoms with Gasteiger partial charge in [0.2, 0.25) is 0 Å². The Bertz CT molecular complexity index is 602. The number of nitrogens with zero attached hydrogens (tertiary/aromatic N) is 2. The number of aliphatic carboxylic acids is 1. The smallest absolute Gasteiger partial charge is 0.311 e. The zero-order chi connectivity index (χ0) is 14.0. The van der Waals surface area contributed by atoms with Crippen molar-refractivity contribution in [1.82, 2.24) is 9.55 Å². The van der Waals surface area contributed by atoms with Crippen LogP contribution in [0.15, 0.2) is 18.2 Å². The van der Waals surface area contributed by atoms with Crippen molar-refractivity contribution >= 4 is 17.0 Å². The highest BCUT2D eigenvalue weighted by molar-refractivity contribution is 5.79. The third-order valence-electron chi connectivity index (χ3n) is 2.87. The molecule has 2 rings (SSSR count). The average molecular weight is 262 g/mol. The normalized spacial score (nSPS) is 11.2. The van der Waals surface area contributed by atoms with E-state index in [-0.39, 0.29) is 12.5 Å². The van der Waals surface area contributed by atoms with Crippen LogP contribution in [0.2, 0.25) is 0 Å². The molecular weight excluding hydrogens is 244 g/mol. The van der Waals surface area contributed by atoms with E-state index in [4.69, 9.17) is 9.84 Å². The summed E-state index contributed by atoms with van der Waals surface area (Å²) in [7, 11) is 0. The van der Waals surface area contributed by atoms with Crippen molar-refractivity contribution in [3.8, 4) is 5.75 Å². The Kier molecular flexibility index (Phi) is 3.74. The highest BCUT2D eigenvalue weighted by Crippen LogP contribution is 2.25. The number of carboxylic acid groups (broad SMARTS) is 1. The lowest BCUT2D eigenvalue weighted by molar-refractivity contribution is -0.136. The maximum atomic E-state index is 10.9. The van der Waals surface area contributed by atoms with Crippen molar-refractivity contribution < 1.29 is 14.6 Å². The summed E-state index contributed by atoms with van der Waals surface area (Å²) >= 11 is 0. The van der Waals surface area contributed by atoms with E-state index in [0.717, 1.165) is 16.8 Å². The van der Waals surface area contributed by atoms with E-state index in [1.807, 2.05) is 43.5 Å². The van der Waals surface area contributed by atoms with Crippen LogP contribution in [0.4, 0.5) is 0 Å². The summed E-state index contributed by atoms with van der Waals surface area (Å²) < 4.78 is 7.40. The zero-order valence-electron chi connectivity index (χ0n) is 11.4. The molecule has 0 saturated carbocycles. The average Bonchev–Trinajstić information content (AvgIpc) is 2.65. The number of hydrogen-bond acceptors (Lipinski definition) is 3. The molecule has 5 heteroatoms. The minimum absolute atomic E-state index is 0.0726. The van der Waals surface area contributed by atoms with Gasteiger partial charge < -0.3 is 14.4 Å². The molecular formula is C14H18N2O3. The fourth-order valence-electron chi connectivity index (χ4n) is 2.22. The van der Waals surface area contributed by atoms with Crippen LogP contribution >= 0.6 is 0 Å². The van der Waals surface area contributed by atoms with Gasteiger partial charge in [-0.1, -0.05) is 0 Å². The monoisotopic (exact) mass is 262 g/mol. The van der Waals surface area contributed by atoms with Gasteiger partial charge in [-0.05, 0) is 32.9 Å². The Morgan fingerprint density at radius 3 is 2.79 bits per heavy atom. The van der Waals surface area contributed by atoms with E-state index >= 15 is 0 Å². The lowest BCUT2D eigenvalue weighted by Crippen LogP contribution is -2.11. The number of fused-ring (bicyclic) bond motifs is 1. The molecule has 0 atom stereocenters. The second-order valence-electron chi connectivity index (χ2n) is 4.65. The third kappa shape index (κ3) is 2.70. The SMILES string of the molecule is CCOc1ccc2c(c1)nc(CC(=O)O)n2C(C)C. The number of imidazole rings is 1. The van der Waals surface area contributed by atoms with Gasteiger partial charge in [-0.2, -0.15) is 0 Å². The molecule has 1 aromatic heterocycles. The van der Waals surface area contributed by atoms with Crippen LogP contribution in [0.5, 0.6) is 5.75 Å². The van der Waals surface area contributed by atoms with E-state index < -0.39 is 5.97 Å². The second-order valence-corrected chi connectivity index (χ2v) is 4.65. The van der Waals surface area contributed by atoms with Gasteiger partial charge in [0.1, 0.15) is 18.0 Å². The minimum atomic E-state index is -0.873. The predicted octanol–water partition coefficient (Wildman–Crippen LogP) is 2.64. The van der Waals surface area contributed by atoms with Crippen molar-refractivity contribution in [2.75, 3.05) is 6.61 Å². The van der Waals surface area contributed by atoms with Crippen LogP contribution in [0.25, 0.3) is 11.0 Å². The topological polar surface area (TPSA) is 64.3 Å². The molecule has 0 saturated heterocycles. The quantitative estimate of drug-likeness (QED) is 0.899. The van der Waals surface area contributed by atoms with Crippen LogP contribution in [-0.4, -0.2) is 27.2 Å². The van der Waals surface area contributed by atoms with Gasteiger partial charge >= 0.3 is 5.97 Å². The Morgan fingerprint density at radius 1 is 1.47 bits per heavy atom. The molecule has 0 bridgehead atoms. The largest absolute Gasteiger partial charge is 0.494 e. The van der Waals surface area contributed by atoms with Crippen molar-refractivity contribution in [1.29, 1.82) is 0 Å². The zero-order valence-corrected chi connectivity index (χ0v) is 11.4. The molecule has 1 aromatic carbocycles. The summed E-state index contributed by atoms with van der Waals surface area (Å²) in [5.74, 6) is 0.457. The molecule has 0 aliphatic heterocycles. The first-order valence-electron chi connectivity index (χ1n) is 6.38. The number of rotatable bonds is 5. The maximum absolute atomic E-state index is 10.9. The van der Waals surface area contributed by atoms with Crippen LogP contribution in [0.3, 0.4) is 0 Å². The minimum Gasteiger partial charge on any atom is -0.494 e. The first-order chi connectivity index (χ1) is 9.02. The highest BCUT2D eigenvalue weighted by Gasteiger charge is 2.16. The van der Waals surface area contributed by atoms with Gasteiger partial charge in [-0.3, -0.25) is 4.79 Å². The Morgan fingerprint density at radius 2 is 2.21 bits per heavy atom. The first-order valence-corrected chi connectivity index (χ1v) is 6.38. The molecule has 1 heterocycles. The lowest BCUT2D eigenvalue weighted by Gasteiger charge is -2.12. The molecule has 0 fully saturated rings. The van der Waals surface area contributed by atoms with Crippen LogP contribution in [-0.2, 0) is 11.2 Å². The van der Waals surface area contributed by atoms with Gasteiger partial charge in [0, 0.05) is 12.1 Å². The van der Waals surface area contributed by atoms with Crippen LogP contribution in [0.1, 0.15) is 32.6 Å². The molecule has 0 aliphatic rings. The molecule has 102 valence electrons. The number of carbonyl (C=O) groups is 1. The molecule has 0 radical (unpaired) electrons. The summed E-state index contributed by atoms with van der Waals surface area (Å²) in [6.07, 6.45) is -0.0726. The summed E-state index contributed by atoms with van der Waals surface area (Å²) in [6.45, 7) is 6.55. The Hall–Kier alpha value is -2.04. The first kappa shape index (κ1) is 13.4. The lowest BCUT2D eigenvalue weighted by atomic mass is 10.2. The highest BCUT2D eigenvalue weighted by atomic mass is 16.5. The Balaban J connectivity index is 2.55. The molecule has 1 N–H and O–H groups in total. The van der Waals surface area contributed by atoms with E-state index in [1.54, 1.807) is 0 Å². The molecule has 0 aliphatic carbocycles. The van der Waals surface area contributed by atoms with Gasteiger partial charge in [0.15, 0.2) is 0 Å². The van der Waals surface area contributed by atoms with Crippen molar-refractivity contribution in [3.63, 3.8) is 0 Å². The second kappa shape index (κ2) is 5.30. The van der Waals surface area contributed by atoms with E-state index in [0.29, 0.717) is 12.4 Å². The van der Waals surface area contributed by atoms with Gasteiger partial charge in [0.25, 0.3) is 0 Å². The van der Waals surface area contributed by atoms with Crippen LogP contribution in [0, 0.1) is 0 Å². The molecule has 0 spiro atoms. The molecule has 0 unspecified atom stereocenters. The molecule has 0 amide bonds. The van der Waals surface area contributed by atoms with Gasteiger partial charge in [0.05, 0.1) is 17.6 Å². The predicted molar refractivity (Wildman–Crippen MR) is 72.6 cm³/mol. The van der Waals surface area contributed by atoms with E-state index in [9.17, 15) is 4.79 Å². The fraction of sp³-hybridized carbons (Fsp3) is 0.429.